The van der Waals surface area contributed by atoms with Gasteiger partial charge in [-0.25, -0.2) is 0 Å². The van der Waals surface area contributed by atoms with Gasteiger partial charge in [0.1, 0.15) is 28.8 Å². The topological polar surface area (TPSA) is 217 Å². The van der Waals surface area contributed by atoms with E-state index in [2.05, 4.69) is 5.32 Å². The second-order valence-electron chi connectivity index (χ2n) is 16.3. The summed E-state index contributed by atoms with van der Waals surface area (Å²) in [4.78, 5) is 53.9. The van der Waals surface area contributed by atoms with Gasteiger partial charge in [-0.1, -0.05) is 39.0 Å². The van der Waals surface area contributed by atoms with Crippen LogP contribution in [0.2, 0.25) is 0 Å². The summed E-state index contributed by atoms with van der Waals surface area (Å²) < 4.78 is 35.4. The van der Waals surface area contributed by atoms with Gasteiger partial charge in [-0.2, -0.15) is 0 Å². The van der Waals surface area contributed by atoms with E-state index in [1.807, 2.05) is 13.8 Å². The first-order valence-electron chi connectivity index (χ1n) is 19.2. The molecule has 9 atom stereocenters. The molecule has 316 valence electrons. The molecule has 0 radical (unpaired) electrons. The first-order chi connectivity index (χ1) is 26.9. The van der Waals surface area contributed by atoms with E-state index in [1.165, 1.54) is 40.9 Å². The average Bonchev–Trinajstić information content (AvgIpc) is 3.15. The van der Waals surface area contributed by atoms with Gasteiger partial charge in [-0.05, 0) is 60.1 Å². The number of amides is 1. The predicted octanol–water partition coefficient (Wildman–Crippen LogP) is 4.90. The summed E-state index contributed by atoms with van der Waals surface area (Å²) in [6.45, 7) is 16.7. The second-order valence-corrected chi connectivity index (χ2v) is 16.3. The van der Waals surface area contributed by atoms with Gasteiger partial charge in [0.05, 0.1) is 48.3 Å². The van der Waals surface area contributed by atoms with Gasteiger partial charge in [-0.3, -0.25) is 19.2 Å². The van der Waals surface area contributed by atoms with Crippen molar-refractivity contribution in [3.05, 3.63) is 69.2 Å². The number of carbonyl (C=O) groups excluding carboxylic acids is 4. The third-order valence-electron chi connectivity index (χ3n) is 11.4. The third kappa shape index (κ3) is 8.10. The molecular formula is C43H55NO14. The van der Waals surface area contributed by atoms with Crippen LogP contribution in [0.15, 0.2) is 52.5 Å². The van der Waals surface area contributed by atoms with E-state index in [1.54, 1.807) is 45.9 Å². The Kier molecular flexibility index (Phi) is 12.6. The fraction of sp³-hybridized carbons (Fsp3) is 0.535. The highest BCUT2D eigenvalue weighted by Crippen LogP contribution is 2.53. The van der Waals surface area contributed by atoms with E-state index in [0.717, 1.165) is 6.92 Å². The Labute approximate surface area is 338 Å². The summed E-state index contributed by atoms with van der Waals surface area (Å²) >= 11 is 0. The Morgan fingerprint density at radius 3 is 2.16 bits per heavy atom. The molecule has 1 amide bonds. The SMILES string of the molecule is COC(=O)C1C(O)C(C)C(O)C(C)(O)C=C(C)C2=C3C(=C(C)C(=O)c4c(O)c(c(C)c(OC(C)=O)c43)NC(=O)C(C)=CC=CC(C)C3OC(C)(C)OC1C3C)OCO2. The van der Waals surface area contributed by atoms with Crippen LogP contribution in [-0.2, 0) is 38.1 Å². The van der Waals surface area contributed by atoms with E-state index >= 15 is 0 Å². The number of hydrogen-bond acceptors (Lipinski definition) is 14. The molecule has 0 saturated carbocycles. The first kappa shape index (κ1) is 44.3. The van der Waals surface area contributed by atoms with Gasteiger partial charge >= 0.3 is 11.9 Å². The highest BCUT2D eigenvalue weighted by molar-refractivity contribution is 6.21. The number of carbonyl (C=O) groups is 4. The molecule has 0 aromatic heterocycles. The zero-order chi connectivity index (χ0) is 43.3. The molecule has 0 spiro atoms. The number of ether oxygens (including phenoxy) is 6. The molecule has 1 fully saturated rings. The molecule has 4 heterocycles. The van der Waals surface area contributed by atoms with Gasteiger partial charge in [0.25, 0.3) is 5.91 Å². The van der Waals surface area contributed by atoms with Crippen molar-refractivity contribution in [2.24, 2.45) is 23.7 Å². The highest BCUT2D eigenvalue weighted by Gasteiger charge is 2.52. The summed E-state index contributed by atoms with van der Waals surface area (Å²) in [5.74, 6) is -8.14. The zero-order valence-corrected chi connectivity index (χ0v) is 35.0. The number of benzene rings is 1. The third-order valence-corrected chi connectivity index (χ3v) is 11.4. The maximum atomic E-state index is 14.1. The number of ketones is 1. The van der Waals surface area contributed by atoms with E-state index in [-0.39, 0.29) is 74.6 Å². The van der Waals surface area contributed by atoms with Crippen molar-refractivity contribution in [1.29, 1.82) is 0 Å². The van der Waals surface area contributed by atoms with Crippen LogP contribution in [0, 0.1) is 30.6 Å². The van der Waals surface area contributed by atoms with Crippen molar-refractivity contribution in [1.82, 2.24) is 0 Å². The number of phenolic OH excluding ortho intramolecular Hbond substituents is 1. The van der Waals surface area contributed by atoms with Crippen LogP contribution >= 0.6 is 0 Å². The van der Waals surface area contributed by atoms with Crippen LogP contribution in [0.5, 0.6) is 11.5 Å². The Morgan fingerprint density at radius 1 is 0.914 bits per heavy atom. The molecule has 4 aliphatic heterocycles. The van der Waals surface area contributed by atoms with Crippen molar-refractivity contribution >= 4 is 34.9 Å². The second kappa shape index (κ2) is 16.5. The molecular weight excluding hydrogens is 754 g/mol. The lowest BCUT2D eigenvalue weighted by Gasteiger charge is -2.49. The quantitative estimate of drug-likeness (QED) is 0.153. The molecule has 15 heteroatoms. The number of aliphatic hydroxyl groups is 3. The normalized spacial score (nSPS) is 31.7. The lowest BCUT2D eigenvalue weighted by atomic mass is 9.74. The number of esters is 2. The van der Waals surface area contributed by atoms with E-state index in [9.17, 15) is 39.6 Å². The van der Waals surface area contributed by atoms with Crippen molar-refractivity contribution in [2.45, 2.75) is 112 Å². The van der Waals surface area contributed by atoms with Gasteiger partial charge in [0.15, 0.2) is 17.3 Å². The monoisotopic (exact) mass is 809 g/mol. The fourth-order valence-electron chi connectivity index (χ4n) is 8.32. The lowest BCUT2D eigenvalue weighted by molar-refractivity contribution is -0.336. The number of aliphatic hydroxyl groups excluding tert-OH is 2. The van der Waals surface area contributed by atoms with Gasteiger partial charge in [0, 0.05) is 47.0 Å². The number of rotatable bonds is 2. The van der Waals surface area contributed by atoms with Crippen molar-refractivity contribution in [3.8, 4) is 11.5 Å². The number of allylic oxidation sites excluding steroid dienone is 5. The highest BCUT2D eigenvalue weighted by atomic mass is 16.7. The van der Waals surface area contributed by atoms with Crippen molar-refractivity contribution in [3.63, 3.8) is 0 Å². The minimum absolute atomic E-state index is 0.0437. The van der Waals surface area contributed by atoms with Crippen LogP contribution in [0.3, 0.4) is 0 Å². The van der Waals surface area contributed by atoms with Gasteiger partial charge in [0.2, 0.25) is 6.79 Å². The molecule has 6 bridgehead atoms. The summed E-state index contributed by atoms with van der Waals surface area (Å²) in [6, 6.07) is 0. The summed E-state index contributed by atoms with van der Waals surface area (Å²) in [6.07, 6.45) is 1.44. The molecule has 5 aliphatic rings. The summed E-state index contributed by atoms with van der Waals surface area (Å²) in [5.41, 5.74) is -1.95. The molecule has 58 heavy (non-hydrogen) atoms. The smallest absolute Gasteiger partial charge is 0.313 e. The van der Waals surface area contributed by atoms with E-state index in [0.29, 0.717) is 0 Å². The van der Waals surface area contributed by atoms with Crippen LogP contribution in [0.25, 0.3) is 5.57 Å². The first-order valence-corrected chi connectivity index (χ1v) is 19.2. The molecule has 6 rings (SSSR count). The van der Waals surface area contributed by atoms with Crippen LogP contribution in [0.1, 0.15) is 90.7 Å². The number of Topliss-reactive ketones (excluding diaryl/α,β-unsaturated/α-hetero) is 1. The van der Waals surface area contributed by atoms with Crippen molar-refractivity contribution < 1.29 is 68.0 Å². The van der Waals surface area contributed by atoms with Gasteiger partial charge < -0.3 is 54.2 Å². The standard InChI is InChI=1S/C43H55NO14/c1-18-14-13-15-19(2)40(50)44-30-21(4)37(56-25(8)45)26-27(33(30)48)31(46)22(5)36-28(26)35(54-17-55-36)20(3)16-43(11,52)39(49)23(6)32(47)29(41(51)53-12)38-24(7)34(18)57-42(9,10)58-38/h13-16,18,23-24,29,32,34,38-39,47-49,52H,17H2,1-12H3,(H,44,50). The molecule has 1 aliphatic carbocycles. The van der Waals surface area contributed by atoms with Crippen LogP contribution < -0.4 is 10.1 Å². The van der Waals surface area contributed by atoms with Crippen LogP contribution in [0.4, 0.5) is 5.69 Å². The molecule has 1 aromatic rings. The molecule has 1 saturated heterocycles. The lowest BCUT2D eigenvalue weighted by Crippen LogP contribution is -2.59. The van der Waals surface area contributed by atoms with Gasteiger partial charge in [-0.15, -0.1) is 0 Å². The van der Waals surface area contributed by atoms with E-state index in [4.69, 9.17) is 28.4 Å². The number of anilines is 1. The maximum absolute atomic E-state index is 14.1. The number of methoxy groups -OCH3 is 1. The van der Waals surface area contributed by atoms with Crippen LogP contribution in [-0.4, -0.2) is 93.8 Å². The molecule has 5 N–H and O–H groups in total. The Hall–Kier alpha value is -4.80. The Bertz CT molecular complexity index is 2050. The fourth-order valence-corrected chi connectivity index (χ4v) is 8.32. The average molecular weight is 810 g/mol. The number of hydrogen-bond donors (Lipinski definition) is 5. The predicted molar refractivity (Wildman–Crippen MR) is 210 cm³/mol. The number of phenols is 1. The minimum Gasteiger partial charge on any atom is -0.505 e. The summed E-state index contributed by atoms with van der Waals surface area (Å²) in [7, 11) is 1.18. The molecule has 1 aromatic carbocycles. The summed E-state index contributed by atoms with van der Waals surface area (Å²) in [5, 5.41) is 50.2. The minimum atomic E-state index is -2.11. The number of aromatic hydroxyl groups is 1. The molecule has 15 nitrogen and oxygen atoms in total. The number of nitrogens with one attached hydrogen (secondary N) is 1. The Balaban J connectivity index is 1.80. The van der Waals surface area contributed by atoms with Crippen molar-refractivity contribution in [2.75, 3.05) is 19.2 Å². The largest absolute Gasteiger partial charge is 0.505 e. The molecule has 9 unspecified atom stereocenters. The van der Waals surface area contributed by atoms with E-state index < -0.39 is 82.9 Å². The number of fused-ring (bicyclic) bond motifs is 10. The maximum Gasteiger partial charge on any atom is 0.313 e. The Morgan fingerprint density at radius 2 is 1.53 bits per heavy atom. The zero-order valence-electron chi connectivity index (χ0n) is 35.0.